The summed E-state index contributed by atoms with van der Waals surface area (Å²) in [5.41, 5.74) is 7.16. The number of imidazole rings is 1. The Morgan fingerprint density at radius 1 is 1.29 bits per heavy atom. The van der Waals surface area contributed by atoms with E-state index in [4.69, 9.17) is 20.6 Å². The summed E-state index contributed by atoms with van der Waals surface area (Å²) >= 11 is 3.34. The van der Waals surface area contributed by atoms with Crippen molar-refractivity contribution in [1.29, 1.82) is 5.41 Å². The molecule has 3 aromatic rings. The topological polar surface area (TPSA) is 109 Å². The smallest absolute Gasteiger partial charge is 0.171 e. The van der Waals surface area contributed by atoms with Gasteiger partial charge in [0.25, 0.3) is 0 Å². The molecule has 2 aromatic carbocycles. The first-order chi connectivity index (χ1) is 14.8. The molecule has 0 bridgehead atoms. The molecule has 0 fully saturated rings. The first kappa shape index (κ1) is 22.6. The molecule has 0 aliphatic carbocycles. The number of benzene rings is 2. The average Bonchev–Trinajstić information content (AvgIpc) is 3.15. The zero-order valence-electron chi connectivity index (χ0n) is 17.5. The Bertz CT molecular complexity index is 1050. The monoisotopic (exact) mass is 489 g/mol. The summed E-state index contributed by atoms with van der Waals surface area (Å²) in [6.45, 7) is 5.97. The standard InChI is InChI=1S/C22H25BrFN5O2/c1-4-30-15-9-16(19(24)17(10-15)31-12(2)3)20(22-27-11-18(23)29-22)28-14-7-5-13(6-8-14)21(25)26/h5-12,20,28H,4H2,1-3H3,(H3,25,26)(H,27,29). The van der Waals surface area contributed by atoms with Gasteiger partial charge in [-0.3, -0.25) is 5.41 Å². The number of nitrogen functional groups attached to an aromatic ring is 1. The van der Waals surface area contributed by atoms with Gasteiger partial charge in [-0.05, 0) is 67.0 Å². The number of halogens is 2. The van der Waals surface area contributed by atoms with E-state index in [1.807, 2.05) is 20.8 Å². The molecule has 31 heavy (non-hydrogen) atoms. The van der Waals surface area contributed by atoms with Crippen molar-refractivity contribution in [3.8, 4) is 11.5 Å². The maximum Gasteiger partial charge on any atom is 0.171 e. The fraction of sp³-hybridized carbons (Fsp3) is 0.273. The van der Waals surface area contributed by atoms with E-state index in [0.717, 1.165) is 0 Å². The van der Waals surface area contributed by atoms with E-state index in [0.29, 0.717) is 39.6 Å². The number of nitrogens with one attached hydrogen (secondary N) is 3. The van der Waals surface area contributed by atoms with Crippen molar-refractivity contribution in [1.82, 2.24) is 9.97 Å². The highest BCUT2D eigenvalue weighted by molar-refractivity contribution is 9.10. The Morgan fingerprint density at radius 3 is 2.55 bits per heavy atom. The molecule has 0 radical (unpaired) electrons. The van der Waals surface area contributed by atoms with Crippen molar-refractivity contribution >= 4 is 27.5 Å². The van der Waals surface area contributed by atoms with E-state index in [-0.39, 0.29) is 17.7 Å². The molecule has 1 atom stereocenters. The second-order valence-corrected chi connectivity index (χ2v) is 7.91. The number of anilines is 1. The largest absolute Gasteiger partial charge is 0.494 e. The van der Waals surface area contributed by atoms with Crippen LogP contribution in [-0.2, 0) is 0 Å². The van der Waals surface area contributed by atoms with Crippen molar-refractivity contribution in [2.45, 2.75) is 32.9 Å². The summed E-state index contributed by atoms with van der Waals surface area (Å²) in [5, 5.41) is 10.9. The van der Waals surface area contributed by atoms with E-state index in [1.165, 1.54) is 0 Å². The third-order valence-electron chi connectivity index (χ3n) is 4.37. The van der Waals surface area contributed by atoms with Crippen LogP contribution in [0.25, 0.3) is 0 Å². The van der Waals surface area contributed by atoms with Crippen LogP contribution in [0.3, 0.4) is 0 Å². The molecule has 9 heteroatoms. The number of hydrogen-bond acceptors (Lipinski definition) is 5. The molecule has 1 unspecified atom stereocenters. The minimum absolute atomic E-state index is 0.0241. The Hall–Kier alpha value is -3.07. The Kier molecular flexibility index (Phi) is 7.17. The predicted octanol–water partition coefficient (Wildman–Crippen LogP) is 4.98. The summed E-state index contributed by atoms with van der Waals surface area (Å²) in [5.74, 6) is 0.594. The molecule has 1 aromatic heterocycles. The maximum absolute atomic E-state index is 15.5. The number of amidine groups is 1. The van der Waals surface area contributed by atoms with Crippen molar-refractivity contribution < 1.29 is 13.9 Å². The van der Waals surface area contributed by atoms with E-state index in [1.54, 1.807) is 42.6 Å². The number of hydrogen-bond donors (Lipinski definition) is 4. The summed E-state index contributed by atoms with van der Waals surface area (Å²) < 4.78 is 27.5. The van der Waals surface area contributed by atoms with E-state index in [2.05, 4.69) is 31.2 Å². The number of aromatic nitrogens is 2. The molecule has 0 aliphatic rings. The maximum atomic E-state index is 15.5. The zero-order valence-corrected chi connectivity index (χ0v) is 19.1. The number of ether oxygens (including phenoxy) is 2. The normalized spacial score (nSPS) is 11.9. The number of aromatic amines is 1. The fourth-order valence-corrected chi connectivity index (χ4v) is 3.37. The van der Waals surface area contributed by atoms with E-state index in [9.17, 15) is 0 Å². The van der Waals surface area contributed by atoms with Gasteiger partial charge in [-0.15, -0.1) is 0 Å². The van der Waals surface area contributed by atoms with Crippen LogP contribution >= 0.6 is 15.9 Å². The molecule has 0 aliphatic heterocycles. The lowest BCUT2D eigenvalue weighted by Crippen LogP contribution is -2.18. The van der Waals surface area contributed by atoms with Gasteiger partial charge in [-0.25, -0.2) is 9.37 Å². The highest BCUT2D eigenvalue weighted by Gasteiger charge is 2.25. The van der Waals surface area contributed by atoms with Crippen LogP contribution in [0.2, 0.25) is 0 Å². The molecule has 0 amide bonds. The second-order valence-electron chi connectivity index (χ2n) is 7.10. The van der Waals surface area contributed by atoms with Crippen LogP contribution in [0, 0.1) is 11.2 Å². The van der Waals surface area contributed by atoms with Gasteiger partial charge in [0.15, 0.2) is 11.6 Å². The Labute approximate surface area is 188 Å². The van der Waals surface area contributed by atoms with Crippen molar-refractivity contribution in [3.63, 3.8) is 0 Å². The Morgan fingerprint density at radius 2 is 2.00 bits per heavy atom. The summed E-state index contributed by atoms with van der Waals surface area (Å²) in [7, 11) is 0. The van der Waals surface area contributed by atoms with Gasteiger partial charge in [0.2, 0.25) is 0 Å². The fourth-order valence-electron chi connectivity index (χ4n) is 3.06. The van der Waals surface area contributed by atoms with Crippen LogP contribution in [0.5, 0.6) is 11.5 Å². The lowest BCUT2D eigenvalue weighted by Gasteiger charge is -2.22. The second kappa shape index (κ2) is 9.82. The third kappa shape index (κ3) is 5.55. The van der Waals surface area contributed by atoms with Crippen LogP contribution in [0.4, 0.5) is 10.1 Å². The number of rotatable bonds is 9. The first-order valence-electron chi connectivity index (χ1n) is 9.83. The molecule has 7 nitrogen and oxygen atoms in total. The molecule has 5 N–H and O–H groups in total. The zero-order chi connectivity index (χ0) is 22.5. The summed E-state index contributed by atoms with van der Waals surface area (Å²) in [4.78, 5) is 7.50. The van der Waals surface area contributed by atoms with Crippen LogP contribution in [0.1, 0.15) is 43.8 Å². The van der Waals surface area contributed by atoms with E-state index >= 15 is 4.39 Å². The number of nitrogens with zero attached hydrogens (tertiary/aromatic N) is 1. The number of nitrogens with two attached hydrogens (primary N) is 1. The quantitative estimate of drug-likeness (QED) is 0.250. The van der Waals surface area contributed by atoms with Gasteiger partial charge < -0.3 is 25.5 Å². The van der Waals surface area contributed by atoms with Crippen molar-refractivity contribution in [3.05, 3.63) is 70.0 Å². The van der Waals surface area contributed by atoms with Crippen molar-refractivity contribution in [2.75, 3.05) is 11.9 Å². The first-order valence-corrected chi connectivity index (χ1v) is 10.6. The molecule has 0 saturated heterocycles. The van der Waals surface area contributed by atoms with Crippen LogP contribution in [-0.4, -0.2) is 28.5 Å². The molecule has 1 heterocycles. The highest BCUT2D eigenvalue weighted by Crippen LogP contribution is 2.36. The van der Waals surface area contributed by atoms with Gasteiger partial charge in [0.05, 0.1) is 12.7 Å². The highest BCUT2D eigenvalue weighted by atomic mass is 79.9. The molecule has 3 rings (SSSR count). The molecule has 164 valence electrons. The summed E-state index contributed by atoms with van der Waals surface area (Å²) in [6, 6.07) is 9.53. The van der Waals surface area contributed by atoms with Crippen molar-refractivity contribution in [2.24, 2.45) is 5.73 Å². The van der Waals surface area contributed by atoms with Gasteiger partial charge >= 0.3 is 0 Å². The van der Waals surface area contributed by atoms with E-state index < -0.39 is 11.9 Å². The molecular weight excluding hydrogens is 465 g/mol. The summed E-state index contributed by atoms with van der Waals surface area (Å²) in [6.07, 6.45) is 1.47. The van der Waals surface area contributed by atoms with Gasteiger partial charge in [-0.2, -0.15) is 0 Å². The third-order valence-corrected chi connectivity index (χ3v) is 4.78. The van der Waals surface area contributed by atoms with Crippen LogP contribution < -0.4 is 20.5 Å². The van der Waals surface area contributed by atoms with Gasteiger partial charge in [0, 0.05) is 29.1 Å². The molecule has 0 saturated carbocycles. The van der Waals surface area contributed by atoms with Gasteiger partial charge in [-0.1, -0.05) is 0 Å². The molecule has 0 spiro atoms. The minimum Gasteiger partial charge on any atom is -0.494 e. The lowest BCUT2D eigenvalue weighted by atomic mass is 10.0. The average molecular weight is 490 g/mol. The Balaban J connectivity index is 2.08. The lowest BCUT2D eigenvalue weighted by molar-refractivity contribution is 0.228. The SMILES string of the molecule is CCOc1cc(OC(C)C)c(F)c(C(Nc2ccc(C(=N)N)cc2)c2nc(Br)c[nH]2)c1. The van der Waals surface area contributed by atoms with Gasteiger partial charge in [0.1, 0.15) is 28.1 Å². The van der Waals surface area contributed by atoms with Crippen LogP contribution in [0.15, 0.2) is 47.2 Å². The molecular formula is C22H25BrFN5O2. The predicted molar refractivity (Wildman–Crippen MR) is 123 cm³/mol. The number of H-pyrrole nitrogens is 1. The minimum atomic E-state index is -0.663.